The smallest absolute Gasteiger partial charge is 0.0656 e. The summed E-state index contributed by atoms with van der Waals surface area (Å²) in [6, 6.07) is 13.1. The second-order valence-corrected chi connectivity index (χ2v) is 6.28. The summed E-state index contributed by atoms with van der Waals surface area (Å²) in [6.07, 6.45) is 2.32. The van der Waals surface area contributed by atoms with Crippen molar-refractivity contribution in [2.45, 2.75) is 25.6 Å². The molecule has 0 N–H and O–H groups in total. The number of rotatable bonds is 1. The van der Waals surface area contributed by atoms with Crippen LogP contribution in [-0.2, 0) is 0 Å². The fraction of sp³-hybridized carbons (Fsp3) is 0.222. The van der Waals surface area contributed by atoms with Crippen LogP contribution in [0.1, 0.15) is 38.2 Å². The average molecular weight is 313 g/mol. The summed E-state index contributed by atoms with van der Waals surface area (Å²) >= 11 is 3.86. The Morgan fingerprint density at radius 1 is 0.947 bits per heavy atom. The molecule has 0 saturated carbocycles. The molecule has 0 aliphatic heterocycles. The molecule has 1 heteroatoms. The van der Waals surface area contributed by atoms with Gasteiger partial charge in [0.05, 0.1) is 4.83 Å². The van der Waals surface area contributed by atoms with Gasteiger partial charge in [-0.3, -0.25) is 0 Å². The van der Waals surface area contributed by atoms with Crippen LogP contribution in [0.2, 0.25) is 0 Å². The zero-order chi connectivity index (χ0) is 13.6. The molecule has 0 fully saturated rings. The quantitative estimate of drug-likeness (QED) is 0.601. The lowest BCUT2D eigenvalue weighted by atomic mass is 9.92. The molecule has 0 amide bonds. The van der Waals surface area contributed by atoms with Crippen LogP contribution in [-0.4, -0.2) is 0 Å². The Hall–Kier alpha value is -1.34. The van der Waals surface area contributed by atoms with Crippen molar-refractivity contribution in [3.8, 4) is 0 Å². The van der Waals surface area contributed by atoms with Crippen LogP contribution in [0.5, 0.6) is 0 Å². The molecule has 0 aromatic heterocycles. The predicted molar refractivity (Wildman–Crippen MR) is 86.6 cm³/mol. The highest BCUT2D eigenvalue weighted by molar-refractivity contribution is 9.09. The van der Waals surface area contributed by atoms with E-state index in [1.807, 2.05) is 0 Å². The summed E-state index contributed by atoms with van der Waals surface area (Å²) in [7, 11) is 0. The Bertz CT molecular complexity index is 657. The van der Waals surface area contributed by atoms with Crippen molar-refractivity contribution in [1.29, 1.82) is 0 Å². The highest BCUT2D eigenvalue weighted by Gasteiger charge is 2.25. The minimum atomic E-state index is 0.309. The highest BCUT2D eigenvalue weighted by Crippen LogP contribution is 2.47. The SMILES string of the molecule is Cc1cc(C)c(C2=Cc3ccccc3C2Br)c(C)c1. The van der Waals surface area contributed by atoms with Crippen molar-refractivity contribution >= 4 is 27.6 Å². The molecule has 2 aromatic rings. The molecule has 3 rings (SSSR count). The van der Waals surface area contributed by atoms with E-state index in [2.05, 4.69) is 79.2 Å². The number of halogens is 1. The number of hydrogen-bond acceptors (Lipinski definition) is 0. The second-order valence-electron chi connectivity index (χ2n) is 5.36. The van der Waals surface area contributed by atoms with Gasteiger partial charge in [-0.15, -0.1) is 0 Å². The molecule has 19 heavy (non-hydrogen) atoms. The van der Waals surface area contributed by atoms with E-state index in [9.17, 15) is 0 Å². The molecular formula is C18H17Br. The van der Waals surface area contributed by atoms with Gasteiger partial charge < -0.3 is 0 Å². The van der Waals surface area contributed by atoms with Gasteiger partial charge in [-0.05, 0) is 60.2 Å². The summed E-state index contributed by atoms with van der Waals surface area (Å²) < 4.78 is 0. The topological polar surface area (TPSA) is 0 Å². The third-order valence-corrected chi connectivity index (χ3v) is 4.81. The predicted octanol–water partition coefficient (Wildman–Crippen LogP) is 5.60. The van der Waals surface area contributed by atoms with E-state index in [4.69, 9.17) is 0 Å². The lowest BCUT2D eigenvalue weighted by molar-refractivity contribution is 1.24. The maximum Gasteiger partial charge on any atom is 0.0656 e. The standard InChI is InChI=1S/C18H17Br/c1-11-8-12(2)17(13(3)9-11)16-10-14-6-4-5-7-15(14)18(16)19/h4-10,18H,1-3H3. The Morgan fingerprint density at radius 2 is 1.58 bits per heavy atom. The van der Waals surface area contributed by atoms with E-state index in [0.29, 0.717) is 4.83 Å². The Kier molecular flexibility index (Phi) is 3.10. The van der Waals surface area contributed by atoms with Gasteiger partial charge in [0.1, 0.15) is 0 Å². The first-order valence-corrected chi connectivity index (χ1v) is 7.52. The van der Waals surface area contributed by atoms with E-state index in [-0.39, 0.29) is 0 Å². The van der Waals surface area contributed by atoms with Gasteiger partial charge >= 0.3 is 0 Å². The molecule has 0 spiro atoms. The van der Waals surface area contributed by atoms with Gasteiger partial charge in [-0.1, -0.05) is 57.9 Å². The van der Waals surface area contributed by atoms with Crippen LogP contribution in [0.15, 0.2) is 36.4 Å². The molecule has 1 unspecified atom stereocenters. The average Bonchev–Trinajstić information content (AvgIpc) is 2.66. The number of alkyl halides is 1. The fourth-order valence-electron chi connectivity index (χ4n) is 3.12. The maximum absolute atomic E-state index is 3.86. The van der Waals surface area contributed by atoms with E-state index in [1.54, 1.807) is 0 Å². The minimum absolute atomic E-state index is 0.309. The van der Waals surface area contributed by atoms with Gasteiger partial charge in [0, 0.05) is 0 Å². The lowest BCUT2D eigenvalue weighted by Crippen LogP contribution is -1.97. The maximum atomic E-state index is 3.86. The molecule has 0 heterocycles. The van der Waals surface area contributed by atoms with Crippen molar-refractivity contribution in [2.75, 3.05) is 0 Å². The van der Waals surface area contributed by atoms with Crippen molar-refractivity contribution in [3.63, 3.8) is 0 Å². The van der Waals surface area contributed by atoms with Crippen LogP contribution < -0.4 is 0 Å². The number of aryl methyl sites for hydroxylation is 3. The summed E-state index contributed by atoms with van der Waals surface area (Å²) in [4.78, 5) is 0.309. The highest BCUT2D eigenvalue weighted by atomic mass is 79.9. The normalized spacial score (nSPS) is 17.3. The van der Waals surface area contributed by atoms with Crippen molar-refractivity contribution < 1.29 is 0 Å². The molecular weight excluding hydrogens is 296 g/mol. The van der Waals surface area contributed by atoms with Crippen molar-refractivity contribution in [2.24, 2.45) is 0 Å². The third-order valence-electron chi connectivity index (χ3n) is 3.82. The number of fused-ring (bicyclic) bond motifs is 1. The van der Waals surface area contributed by atoms with E-state index < -0.39 is 0 Å². The minimum Gasteiger partial charge on any atom is -0.0786 e. The molecule has 0 saturated heterocycles. The van der Waals surface area contributed by atoms with Gasteiger partial charge in [-0.25, -0.2) is 0 Å². The number of benzene rings is 2. The Balaban J connectivity index is 2.16. The largest absolute Gasteiger partial charge is 0.0786 e. The van der Waals surface area contributed by atoms with Crippen LogP contribution in [0.4, 0.5) is 0 Å². The van der Waals surface area contributed by atoms with Gasteiger partial charge in [-0.2, -0.15) is 0 Å². The van der Waals surface area contributed by atoms with Gasteiger partial charge in [0.25, 0.3) is 0 Å². The molecule has 1 aliphatic rings. The van der Waals surface area contributed by atoms with Gasteiger partial charge in [0.2, 0.25) is 0 Å². The lowest BCUT2D eigenvalue weighted by Gasteiger charge is -2.16. The van der Waals surface area contributed by atoms with Crippen LogP contribution in [0.25, 0.3) is 11.6 Å². The first kappa shape index (κ1) is 12.7. The second kappa shape index (κ2) is 4.64. The zero-order valence-electron chi connectivity index (χ0n) is 11.5. The van der Waals surface area contributed by atoms with Gasteiger partial charge in [0.15, 0.2) is 0 Å². The van der Waals surface area contributed by atoms with Crippen LogP contribution in [0, 0.1) is 20.8 Å². The fourth-order valence-corrected chi connectivity index (χ4v) is 3.89. The number of allylic oxidation sites excluding steroid dienone is 1. The summed E-state index contributed by atoms with van der Waals surface area (Å²) in [5.41, 5.74) is 9.54. The molecule has 1 atom stereocenters. The van der Waals surface area contributed by atoms with Crippen molar-refractivity contribution in [3.05, 3.63) is 69.8 Å². The Morgan fingerprint density at radius 3 is 2.21 bits per heavy atom. The van der Waals surface area contributed by atoms with E-state index in [1.165, 1.54) is 39.0 Å². The summed E-state index contributed by atoms with van der Waals surface area (Å²) in [6.45, 7) is 6.57. The Labute approximate surface area is 123 Å². The monoisotopic (exact) mass is 312 g/mol. The third kappa shape index (κ3) is 2.06. The van der Waals surface area contributed by atoms with Crippen molar-refractivity contribution in [1.82, 2.24) is 0 Å². The van der Waals surface area contributed by atoms with Crippen LogP contribution in [0.3, 0.4) is 0 Å². The van der Waals surface area contributed by atoms with E-state index >= 15 is 0 Å². The molecule has 0 bridgehead atoms. The molecule has 2 aromatic carbocycles. The van der Waals surface area contributed by atoms with E-state index in [0.717, 1.165) is 0 Å². The summed E-state index contributed by atoms with van der Waals surface area (Å²) in [5.74, 6) is 0. The molecule has 0 radical (unpaired) electrons. The van der Waals surface area contributed by atoms with Crippen LogP contribution >= 0.6 is 15.9 Å². The first-order chi connectivity index (χ1) is 9.08. The number of hydrogen-bond donors (Lipinski definition) is 0. The first-order valence-electron chi connectivity index (χ1n) is 6.60. The molecule has 1 aliphatic carbocycles. The molecule has 96 valence electrons. The zero-order valence-corrected chi connectivity index (χ0v) is 13.1. The summed E-state index contributed by atoms with van der Waals surface area (Å²) in [5, 5.41) is 0. The molecule has 0 nitrogen and oxygen atoms in total.